The van der Waals surface area contributed by atoms with Crippen LogP contribution in [0.1, 0.15) is 35.7 Å². The van der Waals surface area contributed by atoms with E-state index >= 15 is 0 Å². The van der Waals surface area contributed by atoms with Crippen molar-refractivity contribution < 1.29 is 19.4 Å². The second kappa shape index (κ2) is 9.72. The highest BCUT2D eigenvalue weighted by molar-refractivity contribution is 6.38. The Balaban J connectivity index is 1.72. The molecule has 3 aromatic carbocycles. The maximum atomic E-state index is 10.9. The second-order valence-electron chi connectivity index (χ2n) is 8.22. The highest BCUT2D eigenvalue weighted by Crippen LogP contribution is 2.42. The summed E-state index contributed by atoms with van der Waals surface area (Å²) in [5.41, 5.74) is 6.69. The highest BCUT2D eigenvalue weighted by Gasteiger charge is 2.21. The molecule has 5 nitrogen and oxygen atoms in total. The van der Waals surface area contributed by atoms with Crippen LogP contribution in [0.2, 0.25) is 5.02 Å². The number of ether oxygens (including phenoxy) is 2. The van der Waals surface area contributed by atoms with E-state index < -0.39 is 5.97 Å². The van der Waals surface area contributed by atoms with Gasteiger partial charge in [0.2, 0.25) is 0 Å². The molecule has 1 aliphatic heterocycles. The van der Waals surface area contributed by atoms with E-state index in [1.807, 2.05) is 66.7 Å². The summed E-state index contributed by atoms with van der Waals surface area (Å²) < 4.78 is 11.6. The maximum Gasteiger partial charge on any atom is 0.328 e. The molecule has 2 heterocycles. The van der Waals surface area contributed by atoms with Crippen molar-refractivity contribution in [1.29, 1.82) is 0 Å². The third-order valence-electron chi connectivity index (χ3n) is 6.06. The van der Waals surface area contributed by atoms with Crippen molar-refractivity contribution in [2.45, 2.75) is 13.3 Å². The average molecular weight is 486 g/mol. The Hall–Kier alpha value is -3.96. The number of hydrogen-bond donors (Lipinski definition) is 2. The van der Waals surface area contributed by atoms with Gasteiger partial charge in [0, 0.05) is 22.6 Å². The predicted molar refractivity (Wildman–Crippen MR) is 140 cm³/mol. The van der Waals surface area contributed by atoms with Gasteiger partial charge in [-0.3, -0.25) is 0 Å². The summed E-state index contributed by atoms with van der Waals surface area (Å²) in [5, 5.41) is 10.6. The number of rotatable bonds is 6. The van der Waals surface area contributed by atoms with Gasteiger partial charge in [-0.25, -0.2) is 4.79 Å². The highest BCUT2D eigenvalue weighted by atomic mass is 35.5. The van der Waals surface area contributed by atoms with E-state index in [1.54, 1.807) is 6.08 Å². The van der Waals surface area contributed by atoms with Crippen LogP contribution in [0.3, 0.4) is 0 Å². The molecule has 6 heteroatoms. The lowest BCUT2D eigenvalue weighted by Crippen LogP contribution is -2.15. The number of allylic oxidation sites excluding steroid dienone is 1. The summed E-state index contributed by atoms with van der Waals surface area (Å²) in [4.78, 5) is 14.4. The van der Waals surface area contributed by atoms with Crippen molar-refractivity contribution >= 4 is 45.7 Å². The van der Waals surface area contributed by atoms with Crippen LogP contribution in [0.15, 0.2) is 72.8 Å². The molecule has 0 radical (unpaired) electrons. The SMILES string of the molecule is CC/C(=C(/c1ccc(/C=C/C(=O)O)cc1)c1[nH]c2ccccc2c1Cl)c1ccc2c(c1)OCCO2. The summed E-state index contributed by atoms with van der Waals surface area (Å²) in [6.45, 7) is 3.18. The lowest BCUT2D eigenvalue weighted by molar-refractivity contribution is -0.131. The number of H-pyrrole nitrogens is 1. The van der Waals surface area contributed by atoms with Crippen molar-refractivity contribution in [3.63, 3.8) is 0 Å². The van der Waals surface area contributed by atoms with Crippen molar-refractivity contribution in [3.05, 3.63) is 100 Å². The quantitative estimate of drug-likeness (QED) is 0.226. The summed E-state index contributed by atoms with van der Waals surface area (Å²) >= 11 is 6.93. The lowest BCUT2D eigenvalue weighted by Gasteiger charge is -2.21. The van der Waals surface area contributed by atoms with Gasteiger partial charge in [-0.05, 0) is 53.0 Å². The molecule has 0 aliphatic carbocycles. The fourth-order valence-corrected chi connectivity index (χ4v) is 4.74. The maximum absolute atomic E-state index is 10.9. The van der Waals surface area contributed by atoms with Gasteiger partial charge in [0.15, 0.2) is 11.5 Å². The Bertz CT molecular complexity index is 1460. The number of para-hydroxylation sites is 1. The number of carboxylic acids is 1. The first-order chi connectivity index (χ1) is 17.0. The molecule has 1 aromatic heterocycles. The first kappa shape index (κ1) is 22.8. The summed E-state index contributed by atoms with van der Waals surface area (Å²) in [6.07, 6.45) is 3.46. The number of halogens is 1. The monoisotopic (exact) mass is 485 g/mol. The van der Waals surface area contributed by atoms with Crippen molar-refractivity contribution in [1.82, 2.24) is 4.98 Å². The molecule has 0 saturated carbocycles. The van der Waals surface area contributed by atoms with Gasteiger partial charge in [0.05, 0.1) is 10.7 Å². The van der Waals surface area contributed by atoms with Crippen molar-refractivity contribution in [2.75, 3.05) is 13.2 Å². The molecule has 0 unspecified atom stereocenters. The Morgan fingerprint density at radius 1 is 1.00 bits per heavy atom. The minimum atomic E-state index is -0.980. The average Bonchev–Trinajstić information content (AvgIpc) is 3.22. The van der Waals surface area contributed by atoms with Crippen LogP contribution in [-0.4, -0.2) is 29.3 Å². The van der Waals surface area contributed by atoms with Gasteiger partial charge in [-0.1, -0.05) is 67.1 Å². The van der Waals surface area contributed by atoms with E-state index in [0.29, 0.717) is 18.2 Å². The molecule has 2 N–H and O–H groups in total. The Morgan fingerprint density at radius 3 is 2.43 bits per heavy atom. The minimum absolute atomic E-state index is 0.521. The molecular formula is C29H24ClNO4. The Morgan fingerprint density at radius 2 is 1.71 bits per heavy atom. The largest absolute Gasteiger partial charge is 0.486 e. The number of carboxylic acid groups (broad SMARTS) is 1. The molecule has 0 atom stereocenters. The first-order valence-corrected chi connectivity index (χ1v) is 11.8. The predicted octanol–water partition coefficient (Wildman–Crippen LogP) is 7.06. The minimum Gasteiger partial charge on any atom is -0.486 e. The van der Waals surface area contributed by atoms with E-state index in [4.69, 9.17) is 26.2 Å². The molecule has 5 rings (SSSR count). The van der Waals surface area contributed by atoms with Gasteiger partial charge in [-0.2, -0.15) is 0 Å². The van der Waals surface area contributed by atoms with Crippen LogP contribution < -0.4 is 9.47 Å². The molecule has 35 heavy (non-hydrogen) atoms. The molecule has 176 valence electrons. The summed E-state index contributed by atoms with van der Waals surface area (Å²) in [6, 6.07) is 21.8. The number of fused-ring (bicyclic) bond motifs is 2. The van der Waals surface area contributed by atoms with E-state index in [0.717, 1.165) is 68.4 Å². The van der Waals surface area contributed by atoms with Crippen LogP contribution in [-0.2, 0) is 4.79 Å². The zero-order chi connectivity index (χ0) is 24.4. The number of benzene rings is 3. The third kappa shape index (κ3) is 4.55. The van der Waals surface area contributed by atoms with Gasteiger partial charge in [0.25, 0.3) is 0 Å². The molecule has 0 bridgehead atoms. The Kier molecular flexibility index (Phi) is 6.34. The summed E-state index contributed by atoms with van der Waals surface area (Å²) in [7, 11) is 0. The normalized spacial score (nSPS) is 13.8. The fraction of sp³-hybridized carbons (Fsp3) is 0.138. The van der Waals surface area contributed by atoms with Gasteiger partial charge in [0.1, 0.15) is 13.2 Å². The topological polar surface area (TPSA) is 71.5 Å². The molecule has 0 spiro atoms. The third-order valence-corrected chi connectivity index (χ3v) is 6.45. The van der Waals surface area contributed by atoms with Crippen molar-refractivity contribution in [2.24, 2.45) is 0 Å². The fourth-order valence-electron chi connectivity index (χ4n) is 4.43. The summed E-state index contributed by atoms with van der Waals surface area (Å²) in [5.74, 6) is 0.498. The number of hydrogen-bond acceptors (Lipinski definition) is 3. The molecular weight excluding hydrogens is 462 g/mol. The van der Waals surface area contributed by atoms with E-state index in [9.17, 15) is 4.79 Å². The Labute approximate surface area is 208 Å². The van der Waals surface area contributed by atoms with E-state index in [-0.39, 0.29) is 0 Å². The second-order valence-corrected chi connectivity index (χ2v) is 8.60. The zero-order valence-corrected chi connectivity index (χ0v) is 19.9. The standard InChI is InChI=1S/C29H24ClNO4/c1-2-21(20-12-13-24-25(17-20)35-16-15-34-24)27(19-10-7-18(8-11-19)9-14-26(32)33)29-28(30)22-5-3-4-6-23(22)31-29/h3-14,17,31H,2,15-16H2,1H3,(H,32,33)/b14-9+,27-21+. The number of aliphatic carboxylic acids is 1. The number of aromatic nitrogens is 1. The van der Waals surface area contributed by atoms with E-state index in [1.165, 1.54) is 0 Å². The molecule has 4 aromatic rings. The number of nitrogens with one attached hydrogen (secondary N) is 1. The zero-order valence-electron chi connectivity index (χ0n) is 19.2. The molecule has 0 amide bonds. The van der Waals surface area contributed by atoms with Crippen LogP contribution in [0.4, 0.5) is 0 Å². The number of aromatic amines is 1. The van der Waals surface area contributed by atoms with Gasteiger partial charge < -0.3 is 19.6 Å². The molecule has 1 aliphatic rings. The van der Waals surface area contributed by atoms with Crippen LogP contribution in [0.25, 0.3) is 28.1 Å². The van der Waals surface area contributed by atoms with Gasteiger partial charge in [-0.15, -0.1) is 0 Å². The first-order valence-electron chi connectivity index (χ1n) is 11.5. The van der Waals surface area contributed by atoms with Crippen LogP contribution in [0.5, 0.6) is 11.5 Å². The molecule has 0 saturated heterocycles. The lowest BCUT2D eigenvalue weighted by atomic mass is 9.90. The smallest absolute Gasteiger partial charge is 0.328 e. The van der Waals surface area contributed by atoms with E-state index in [2.05, 4.69) is 11.9 Å². The number of carbonyl (C=O) groups is 1. The van der Waals surface area contributed by atoms with Crippen molar-refractivity contribution in [3.8, 4) is 11.5 Å². The van der Waals surface area contributed by atoms with Crippen LogP contribution in [0, 0.1) is 0 Å². The molecule has 0 fully saturated rings. The van der Waals surface area contributed by atoms with Crippen LogP contribution >= 0.6 is 11.6 Å². The van der Waals surface area contributed by atoms with Gasteiger partial charge >= 0.3 is 5.97 Å².